The first kappa shape index (κ1) is 17.5. The fourth-order valence-corrected chi connectivity index (χ4v) is 2.60. The van der Waals surface area contributed by atoms with Crippen molar-refractivity contribution in [3.63, 3.8) is 0 Å². The molecule has 0 bridgehead atoms. The van der Waals surface area contributed by atoms with E-state index in [1.807, 2.05) is 45.0 Å². The van der Waals surface area contributed by atoms with E-state index >= 15 is 0 Å². The van der Waals surface area contributed by atoms with Gasteiger partial charge in [0.1, 0.15) is 0 Å². The highest BCUT2D eigenvalue weighted by molar-refractivity contribution is 5.89. The summed E-state index contributed by atoms with van der Waals surface area (Å²) in [6, 6.07) is 8.03. The smallest absolute Gasteiger partial charge is 0.225 e. The minimum atomic E-state index is -0.221. The normalized spacial score (nSPS) is 17.8. The van der Waals surface area contributed by atoms with Gasteiger partial charge in [-0.3, -0.25) is 9.59 Å². The van der Waals surface area contributed by atoms with Crippen LogP contribution in [-0.2, 0) is 27.5 Å². The van der Waals surface area contributed by atoms with Crippen molar-refractivity contribution < 1.29 is 14.3 Å². The average molecular weight is 318 g/mol. The number of carbonyl (C=O) groups excluding carboxylic acids is 2. The lowest BCUT2D eigenvalue weighted by molar-refractivity contribution is -0.128. The van der Waals surface area contributed by atoms with Gasteiger partial charge in [-0.1, -0.05) is 24.3 Å². The SMILES string of the molecule is CCN1C[C@H](C(=O)NCc2ccc(COC(C)C)cc2)CC1=O. The van der Waals surface area contributed by atoms with Crippen molar-refractivity contribution in [3.05, 3.63) is 35.4 Å². The highest BCUT2D eigenvalue weighted by Crippen LogP contribution is 2.17. The molecule has 5 heteroatoms. The van der Waals surface area contributed by atoms with Crippen molar-refractivity contribution in [2.45, 2.75) is 46.4 Å². The van der Waals surface area contributed by atoms with Gasteiger partial charge in [0, 0.05) is 26.1 Å². The maximum absolute atomic E-state index is 12.2. The molecule has 126 valence electrons. The molecule has 1 atom stereocenters. The van der Waals surface area contributed by atoms with Gasteiger partial charge in [-0.2, -0.15) is 0 Å². The van der Waals surface area contributed by atoms with Gasteiger partial charge in [0.25, 0.3) is 0 Å². The van der Waals surface area contributed by atoms with Crippen molar-refractivity contribution in [1.82, 2.24) is 10.2 Å². The number of hydrogen-bond donors (Lipinski definition) is 1. The second kappa shape index (κ2) is 8.11. The molecule has 1 aromatic rings. The molecule has 0 aromatic heterocycles. The predicted octanol–water partition coefficient (Wildman–Crippen LogP) is 2.10. The number of ether oxygens (including phenoxy) is 1. The van der Waals surface area contributed by atoms with Crippen molar-refractivity contribution >= 4 is 11.8 Å². The number of carbonyl (C=O) groups is 2. The largest absolute Gasteiger partial charge is 0.374 e. The molecule has 0 aliphatic carbocycles. The Morgan fingerprint density at radius 3 is 2.52 bits per heavy atom. The molecule has 1 saturated heterocycles. The van der Waals surface area contributed by atoms with Crippen molar-refractivity contribution in [3.8, 4) is 0 Å². The van der Waals surface area contributed by atoms with Gasteiger partial charge in [0.15, 0.2) is 0 Å². The second-order valence-corrected chi connectivity index (χ2v) is 6.23. The summed E-state index contributed by atoms with van der Waals surface area (Å²) in [5.41, 5.74) is 2.16. The summed E-state index contributed by atoms with van der Waals surface area (Å²) in [6.45, 7) is 8.24. The molecule has 23 heavy (non-hydrogen) atoms. The lowest BCUT2D eigenvalue weighted by Gasteiger charge is -2.14. The topological polar surface area (TPSA) is 58.6 Å². The van der Waals surface area contributed by atoms with Crippen LogP contribution in [0.1, 0.15) is 38.3 Å². The van der Waals surface area contributed by atoms with E-state index in [-0.39, 0.29) is 23.8 Å². The first-order valence-corrected chi connectivity index (χ1v) is 8.24. The van der Waals surface area contributed by atoms with E-state index in [1.165, 1.54) is 0 Å². The van der Waals surface area contributed by atoms with Crippen molar-refractivity contribution in [1.29, 1.82) is 0 Å². The standard InChI is InChI=1S/C18H26N2O3/c1-4-20-11-16(9-17(20)21)18(22)19-10-14-5-7-15(8-6-14)12-23-13(2)3/h5-8,13,16H,4,9-12H2,1-3H3,(H,19,22)/t16-/m1/s1. The summed E-state index contributed by atoms with van der Waals surface area (Å²) in [4.78, 5) is 25.6. The molecule has 0 spiro atoms. The minimum absolute atomic E-state index is 0.0403. The lowest BCUT2D eigenvalue weighted by Crippen LogP contribution is -2.32. The molecule has 2 rings (SSSR count). The molecule has 1 aliphatic heterocycles. The van der Waals surface area contributed by atoms with E-state index in [4.69, 9.17) is 4.74 Å². The Kier molecular flexibility index (Phi) is 6.16. The monoisotopic (exact) mass is 318 g/mol. The van der Waals surface area contributed by atoms with Gasteiger partial charge in [-0.05, 0) is 31.9 Å². The second-order valence-electron chi connectivity index (χ2n) is 6.23. The maximum atomic E-state index is 12.2. The van der Waals surface area contributed by atoms with Crippen LogP contribution in [0.5, 0.6) is 0 Å². The molecule has 1 aromatic carbocycles. The molecule has 1 aliphatic rings. The Balaban J connectivity index is 1.79. The number of rotatable bonds is 7. The highest BCUT2D eigenvalue weighted by Gasteiger charge is 2.33. The molecular formula is C18H26N2O3. The summed E-state index contributed by atoms with van der Waals surface area (Å²) in [5.74, 6) is -0.190. The lowest BCUT2D eigenvalue weighted by atomic mass is 10.1. The zero-order valence-corrected chi connectivity index (χ0v) is 14.2. The van der Waals surface area contributed by atoms with Crippen LogP contribution in [0.2, 0.25) is 0 Å². The van der Waals surface area contributed by atoms with Crippen LogP contribution in [0.25, 0.3) is 0 Å². The number of amides is 2. The fourth-order valence-electron chi connectivity index (χ4n) is 2.60. The third-order valence-electron chi connectivity index (χ3n) is 4.04. The molecule has 0 unspecified atom stereocenters. The van der Waals surface area contributed by atoms with E-state index in [0.29, 0.717) is 32.7 Å². The number of benzene rings is 1. The minimum Gasteiger partial charge on any atom is -0.374 e. The quantitative estimate of drug-likeness (QED) is 0.837. The summed E-state index contributed by atoms with van der Waals surface area (Å²) < 4.78 is 5.56. The van der Waals surface area contributed by atoms with Gasteiger partial charge < -0.3 is 15.0 Å². The molecule has 5 nitrogen and oxygen atoms in total. The molecule has 1 fully saturated rings. The Bertz CT molecular complexity index is 540. The van der Waals surface area contributed by atoms with E-state index < -0.39 is 0 Å². The van der Waals surface area contributed by atoms with Gasteiger partial charge in [-0.25, -0.2) is 0 Å². The fraction of sp³-hybridized carbons (Fsp3) is 0.556. The third-order valence-corrected chi connectivity index (χ3v) is 4.04. The molecule has 2 amide bonds. The Hall–Kier alpha value is -1.88. The molecule has 0 saturated carbocycles. The van der Waals surface area contributed by atoms with Crippen LogP contribution < -0.4 is 5.32 Å². The Morgan fingerprint density at radius 1 is 1.30 bits per heavy atom. The van der Waals surface area contributed by atoms with Crippen LogP contribution in [0.3, 0.4) is 0 Å². The van der Waals surface area contributed by atoms with Crippen molar-refractivity contribution in [2.24, 2.45) is 5.92 Å². The zero-order chi connectivity index (χ0) is 16.8. The number of nitrogens with zero attached hydrogens (tertiary/aromatic N) is 1. The van der Waals surface area contributed by atoms with Gasteiger partial charge in [0.05, 0.1) is 18.6 Å². The van der Waals surface area contributed by atoms with E-state index in [0.717, 1.165) is 11.1 Å². The van der Waals surface area contributed by atoms with Crippen molar-refractivity contribution in [2.75, 3.05) is 13.1 Å². The van der Waals surface area contributed by atoms with Crippen LogP contribution >= 0.6 is 0 Å². The summed E-state index contributed by atoms with van der Waals surface area (Å²) in [7, 11) is 0. The van der Waals surface area contributed by atoms with E-state index in [2.05, 4.69) is 5.32 Å². The first-order valence-electron chi connectivity index (χ1n) is 8.24. The Morgan fingerprint density at radius 2 is 1.96 bits per heavy atom. The molecule has 1 heterocycles. The molecular weight excluding hydrogens is 292 g/mol. The molecule has 1 N–H and O–H groups in total. The van der Waals surface area contributed by atoms with Gasteiger partial charge in [0.2, 0.25) is 11.8 Å². The Labute approximate surface area is 138 Å². The third kappa shape index (κ3) is 5.06. The summed E-state index contributed by atoms with van der Waals surface area (Å²) in [6.07, 6.45) is 0.538. The van der Waals surface area contributed by atoms with Crippen LogP contribution in [0, 0.1) is 5.92 Å². The summed E-state index contributed by atoms with van der Waals surface area (Å²) in [5, 5.41) is 2.93. The maximum Gasteiger partial charge on any atom is 0.225 e. The molecule has 0 radical (unpaired) electrons. The summed E-state index contributed by atoms with van der Waals surface area (Å²) >= 11 is 0. The van der Waals surface area contributed by atoms with Crippen LogP contribution in [0.15, 0.2) is 24.3 Å². The number of likely N-dealkylation sites (tertiary alicyclic amines) is 1. The average Bonchev–Trinajstić information content (AvgIpc) is 2.92. The number of hydrogen-bond acceptors (Lipinski definition) is 3. The van der Waals surface area contributed by atoms with Gasteiger partial charge in [-0.15, -0.1) is 0 Å². The highest BCUT2D eigenvalue weighted by atomic mass is 16.5. The van der Waals surface area contributed by atoms with Crippen LogP contribution in [0.4, 0.5) is 0 Å². The number of nitrogens with one attached hydrogen (secondary N) is 1. The predicted molar refractivity (Wildman–Crippen MR) is 88.6 cm³/mol. The van der Waals surface area contributed by atoms with Crippen LogP contribution in [-0.4, -0.2) is 35.9 Å². The van der Waals surface area contributed by atoms with E-state index in [9.17, 15) is 9.59 Å². The van der Waals surface area contributed by atoms with Gasteiger partial charge >= 0.3 is 0 Å². The van der Waals surface area contributed by atoms with E-state index in [1.54, 1.807) is 4.90 Å². The zero-order valence-electron chi connectivity index (χ0n) is 14.2. The first-order chi connectivity index (χ1) is 11.0.